The minimum absolute atomic E-state index is 0.0342. The first kappa shape index (κ1) is 12.6. The fraction of sp³-hybridized carbons (Fsp3) is 0. The summed E-state index contributed by atoms with van der Waals surface area (Å²) in [5, 5.41) is 11.2. The van der Waals surface area contributed by atoms with Crippen LogP contribution in [0.5, 0.6) is 11.6 Å². The third-order valence-electron chi connectivity index (χ3n) is 2.69. The van der Waals surface area contributed by atoms with Crippen LogP contribution in [0, 0.1) is 10.1 Å². The topological polar surface area (TPSA) is 69.7 Å². The van der Waals surface area contributed by atoms with Gasteiger partial charge in [0.25, 0.3) is 0 Å². The molecule has 6 nitrogen and oxygen atoms in total. The summed E-state index contributed by atoms with van der Waals surface area (Å²) in [7, 11) is 0. The number of halogens is 1. The van der Waals surface area contributed by atoms with Gasteiger partial charge in [0.15, 0.2) is 0 Å². The smallest absolute Gasteiger partial charge is 0.392 e. The van der Waals surface area contributed by atoms with E-state index in [1.807, 2.05) is 6.07 Å². The number of hydrogen-bond donors (Lipinski definition) is 0. The fourth-order valence-corrected chi connectivity index (χ4v) is 2.19. The number of nitrogens with zero attached hydrogens (tertiary/aromatic N) is 3. The van der Waals surface area contributed by atoms with Crippen molar-refractivity contribution in [2.45, 2.75) is 0 Å². The highest BCUT2D eigenvalue weighted by molar-refractivity contribution is 9.10. The lowest BCUT2D eigenvalue weighted by atomic mass is 10.3. The lowest BCUT2D eigenvalue weighted by Crippen LogP contribution is -1.96. The Bertz CT molecular complexity index is 800. The molecule has 7 heteroatoms. The highest BCUT2D eigenvalue weighted by Crippen LogP contribution is 2.34. The molecule has 0 radical (unpaired) electrons. The van der Waals surface area contributed by atoms with Gasteiger partial charge in [0.1, 0.15) is 5.75 Å². The van der Waals surface area contributed by atoms with Crippen LogP contribution in [0.1, 0.15) is 0 Å². The van der Waals surface area contributed by atoms with Crippen molar-refractivity contribution >= 4 is 27.4 Å². The largest absolute Gasteiger partial charge is 0.431 e. The van der Waals surface area contributed by atoms with E-state index in [4.69, 9.17) is 4.74 Å². The Morgan fingerprint density at radius 1 is 1.20 bits per heavy atom. The number of hydrogen-bond acceptors (Lipinski definition) is 4. The molecule has 0 fully saturated rings. The Balaban J connectivity index is 2.14. The number of fused-ring (bicyclic) bond motifs is 1. The van der Waals surface area contributed by atoms with Crippen molar-refractivity contribution in [1.82, 2.24) is 9.38 Å². The summed E-state index contributed by atoms with van der Waals surface area (Å²) in [4.78, 5) is 14.9. The van der Waals surface area contributed by atoms with Crippen molar-refractivity contribution in [2.75, 3.05) is 0 Å². The van der Waals surface area contributed by atoms with Crippen LogP contribution < -0.4 is 4.74 Å². The van der Waals surface area contributed by atoms with Gasteiger partial charge in [0.05, 0.1) is 10.7 Å². The van der Waals surface area contributed by atoms with E-state index >= 15 is 0 Å². The summed E-state index contributed by atoms with van der Waals surface area (Å²) in [5.74, 6) is 0.239. The second-order valence-corrected chi connectivity index (χ2v) is 4.81. The van der Waals surface area contributed by atoms with E-state index in [1.165, 1.54) is 4.40 Å². The Labute approximate surface area is 121 Å². The third kappa shape index (κ3) is 2.12. The van der Waals surface area contributed by atoms with Gasteiger partial charge in [-0.1, -0.05) is 18.2 Å². The molecule has 3 rings (SSSR count). The molecule has 0 aliphatic carbocycles. The van der Waals surface area contributed by atoms with Crippen LogP contribution in [0.25, 0.3) is 5.65 Å². The van der Waals surface area contributed by atoms with Gasteiger partial charge >= 0.3 is 11.7 Å². The van der Waals surface area contributed by atoms with Gasteiger partial charge in [0, 0.05) is 6.07 Å². The number of nitro groups is 1. The van der Waals surface area contributed by atoms with Crippen molar-refractivity contribution < 1.29 is 9.66 Å². The molecule has 2 aromatic heterocycles. The molecule has 2 heterocycles. The third-order valence-corrected chi connectivity index (χ3v) is 3.35. The minimum Gasteiger partial charge on any atom is -0.431 e. The molecule has 0 N–H and O–H groups in total. The van der Waals surface area contributed by atoms with Crippen LogP contribution in [-0.2, 0) is 0 Å². The number of rotatable bonds is 3. The molecule has 0 amide bonds. The zero-order valence-electron chi connectivity index (χ0n) is 10.1. The highest BCUT2D eigenvalue weighted by atomic mass is 79.9. The minimum atomic E-state index is -0.508. The van der Waals surface area contributed by atoms with E-state index in [9.17, 15) is 10.1 Å². The molecule has 0 spiro atoms. The molecule has 0 aliphatic rings. The van der Waals surface area contributed by atoms with E-state index in [-0.39, 0.29) is 11.7 Å². The van der Waals surface area contributed by atoms with Gasteiger partial charge in [-0.2, -0.15) is 9.38 Å². The molecular formula is C13H8BrN3O3. The Hall–Kier alpha value is -2.41. The van der Waals surface area contributed by atoms with Gasteiger partial charge in [-0.05, 0) is 39.1 Å². The molecule has 20 heavy (non-hydrogen) atoms. The number of benzene rings is 1. The maximum Gasteiger partial charge on any atom is 0.392 e. The number of pyridine rings is 1. The fourth-order valence-electron chi connectivity index (χ4n) is 1.83. The molecule has 3 aromatic rings. The second-order valence-electron chi connectivity index (χ2n) is 3.96. The maximum absolute atomic E-state index is 11.2. The van der Waals surface area contributed by atoms with Gasteiger partial charge < -0.3 is 14.9 Å². The van der Waals surface area contributed by atoms with Crippen LogP contribution in [0.3, 0.4) is 0 Å². The van der Waals surface area contributed by atoms with Gasteiger partial charge in [0.2, 0.25) is 5.65 Å². The van der Waals surface area contributed by atoms with Crippen molar-refractivity contribution in [3.8, 4) is 11.6 Å². The first-order valence-electron chi connectivity index (χ1n) is 5.70. The number of para-hydroxylation sites is 1. The molecule has 0 aliphatic heterocycles. The van der Waals surface area contributed by atoms with Crippen molar-refractivity contribution in [3.63, 3.8) is 0 Å². The first-order chi connectivity index (χ1) is 9.66. The zero-order chi connectivity index (χ0) is 14.1. The summed E-state index contributed by atoms with van der Waals surface area (Å²) in [6.45, 7) is 0. The predicted molar refractivity (Wildman–Crippen MR) is 76.1 cm³/mol. The average Bonchev–Trinajstić information content (AvgIpc) is 2.79. The molecule has 0 saturated heterocycles. The normalized spacial score (nSPS) is 10.7. The molecule has 0 atom stereocenters. The lowest BCUT2D eigenvalue weighted by molar-refractivity contribution is -0.391. The second kappa shape index (κ2) is 4.93. The van der Waals surface area contributed by atoms with E-state index in [1.54, 1.807) is 42.6 Å². The number of imidazole rings is 1. The summed E-state index contributed by atoms with van der Waals surface area (Å²) in [5.41, 5.74) is 0.459. The van der Waals surface area contributed by atoms with Gasteiger partial charge in [-0.15, -0.1) is 0 Å². The average molecular weight is 334 g/mol. The van der Waals surface area contributed by atoms with Crippen molar-refractivity contribution in [3.05, 3.63) is 63.2 Å². The Morgan fingerprint density at radius 2 is 1.95 bits per heavy atom. The van der Waals surface area contributed by atoms with Crippen molar-refractivity contribution in [2.24, 2.45) is 0 Å². The molecule has 0 saturated carbocycles. The molecule has 0 bridgehead atoms. The van der Waals surface area contributed by atoms with Gasteiger partial charge in [-0.3, -0.25) is 0 Å². The van der Waals surface area contributed by atoms with Crippen LogP contribution in [-0.4, -0.2) is 14.3 Å². The summed E-state index contributed by atoms with van der Waals surface area (Å²) in [6, 6.07) is 12.2. The Kier molecular flexibility index (Phi) is 3.11. The molecule has 1 aromatic carbocycles. The van der Waals surface area contributed by atoms with Gasteiger partial charge in [-0.25, -0.2) is 0 Å². The lowest BCUT2D eigenvalue weighted by Gasteiger charge is -2.04. The van der Waals surface area contributed by atoms with E-state index in [0.29, 0.717) is 15.9 Å². The van der Waals surface area contributed by atoms with E-state index in [2.05, 4.69) is 20.9 Å². The van der Waals surface area contributed by atoms with Crippen LogP contribution in [0.2, 0.25) is 0 Å². The van der Waals surface area contributed by atoms with Crippen LogP contribution in [0.15, 0.2) is 53.1 Å². The van der Waals surface area contributed by atoms with E-state index < -0.39 is 4.92 Å². The zero-order valence-corrected chi connectivity index (χ0v) is 11.6. The first-order valence-corrected chi connectivity index (χ1v) is 6.50. The summed E-state index contributed by atoms with van der Waals surface area (Å²) >= 11 is 3.33. The number of ether oxygens (including phenoxy) is 1. The Morgan fingerprint density at radius 3 is 2.70 bits per heavy atom. The maximum atomic E-state index is 11.2. The SMILES string of the molecule is O=[N+]([O-])c1c(Oc2ccccc2Br)nc2ccccn12. The quantitative estimate of drug-likeness (QED) is 0.540. The number of aromatic nitrogens is 2. The molecular weight excluding hydrogens is 326 g/mol. The summed E-state index contributed by atoms with van der Waals surface area (Å²) < 4.78 is 7.65. The van der Waals surface area contributed by atoms with E-state index in [0.717, 1.165) is 0 Å². The molecule has 100 valence electrons. The monoisotopic (exact) mass is 333 g/mol. The van der Waals surface area contributed by atoms with Crippen LogP contribution in [0.4, 0.5) is 5.82 Å². The predicted octanol–water partition coefficient (Wildman–Crippen LogP) is 3.80. The highest BCUT2D eigenvalue weighted by Gasteiger charge is 2.24. The van der Waals surface area contributed by atoms with Crippen molar-refractivity contribution in [1.29, 1.82) is 0 Å². The standard InChI is InChI=1S/C13H8BrN3O3/c14-9-5-1-2-6-10(9)20-12-13(17(18)19)16-8-4-3-7-11(16)15-12/h1-8H. The summed E-state index contributed by atoms with van der Waals surface area (Å²) in [6.07, 6.45) is 1.58. The van der Waals surface area contributed by atoms with Crippen LogP contribution >= 0.6 is 15.9 Å². The molecule has 0 unspecified atom stereocenters.